The predicted octanol–water partition coefficient (Wildman–Crippen LogP) is 3.16. The SMILES string of the molecule is Cc1ccc(S(=O)(=O)N2CC(C)Nc3cnc(Br)cc32)cc1. The molecule has 0 saturated heterocycles. The van der Waals surface area contributed by atoms with Crippen LogP contribution in [0.3, 0.4) is 0 Å². The second-order valence-corrected chi connectivity index (χ2v) is 8.09. The van der Waals surface area contributed by atoms with Gasteiger partial charge in [-0.05, 0) is 48.0 Å². The fourth-order valence-corrected chi connectivity index (χ4v) is 4.34. The highest BCUT2D eigenvalue weighted by atomic mass is 79.9. The number of aromatic nitrogens is 1. The van der Waals surface area contributed by atoms with Gasteiger partial charge in [0.15, 0.2) is 0 Å². The third-order valence-corrected chi connectivity index (χ3v) is 5.80. The van der Waals surface area contributed by atoms with Crippen molar-refractivity contribution < 1.29 is 8.42 Å². The summed E-state index contributed by atoms with van der Waals surface area (Å²) in [5.41, 5.74) is 2.36. The van der Waals surface area contributed by atoms with Crippen LogP contribution in [0.5, 0.6) is 0 Å². The number of nitrogens with one attached hydrogen (secondary N) is 1. The molecule has 2 aromatic rings. The Morgan fingerprint density at radius 1 is 1.32 bits per heavy atom. The van der Waals surface area contributed by atoms with Crippen LogP contribution in [-0.4, -0.2) is 26.0 Å². The van der Waals surface area contributed by atoms with Crippen LogP contribution >= 0.6 is 15.9 Å². The van der Waals surface area contributed by atoms with E-state index < -0.39 is 10.0 Å². The Balaban J connectivity index is 2.11. The van der Waals surface area contributed by atoms with Gasteiger partial charge in [0.1, 0.15) is 4.60 Å². The van der Waals surface area contributed by atoms with Gasteiger partial charge in [0.25, 0.3) is 10.0 Å². The Bertz CT molecular complexity index is 806. The highest BCUT2D eigenvalue weighted by Crippen LogP contribution is 2.35. The van der Waals surface area contributed by atoms with Gasteiger partial charge in [-0.25, -0.2) is 13.4 Å². The smallest absolute Gasteiger partial charge is 0.264 e. The monoisotopic (exact) mass is 381 g/mol. The lowest BCUT2D eigenvalue weighted by Crippen LogP contribution is -2.43. The van der Waals surface area contributed by atoms with E-state index in [4.69, 9.17) is 0 Å². The lowest BCUT2D eigenvalue weighted by Gasteiger charge is -2.34. The topological polar surface area (TPSA) is 62.3 Å². The standard InChI is InChI=1S/C15H16BrN3O2S/c1-10-3-5-12(6-4-10)22(20,21)19-9-11(2)18-13-8-17-15(16)7-14(13)19/h3-8,11,18H,9H2,1-2H3. The second-order valence-electron chi connectivity index (χ2n) is 5.42. The van der Waals surface area contributed by atoms with E-state index in [1.807, 2.05) is 26.0 Å². The number of benzene rings is 1. The van der Waals surface area contributed by atoms with E-state index in [1.54, 1.807) is 24.4 Å². The van der Waals surface area contributed by atoms with E-state index in [0.717, 1.165) is 11.3 Å². The molecule has 22 heavy (non-hydrogen) atoms. The van der Waals surface area contributed by atoms with Gasteiger partial charge in [-0.2, -0.15) is 0 Å². The number of nitrogens with zero attached hydrogens (tertiary/aromatic N) is 2. The summed E-state index contributed by atoms with van der Waals surface area (Å²) < 4.78 is 28.0. The first kappa shape index (κ1) is 15.3. The Labute approximate surface area is 138 Å². The number of pyridine rings is 1. The van der Waals surface area contributed by atoms with Gasteiger partial charge in [0, 0.05) is 6.04 Å². The van der Waals surface area contributed by atoms with Gasteiger partial charge >= 0.3 is 0 Å². The largest absolute Gasteiger partial charge is 0.378 e. The number of hydrogen-bond acceptors (Lipinski definition) is 4. The molecule has 1 aliphatic heterocycles. The summed E-state index contributed by atoms with van der Waals surface area (Å²) in [5, 5.41) is 3.26. The molecule has 1 aromatic carbocycles. The minimum absolute atomic E-state index is 0.00991. The molecule has 7 heteroatoms. The maximum absolute atomic E-state index is 13.0. The molecule has 1 atom stereocenters. The maximum atomic E-state index is 13.0. The quantitative estimate of drug-likeness (QED) is 0.811. The predicted molar refractivity (Wildman–Crippen MR) is 90.7 cm³/mol. The lowest BCUT2D eigenvalue weighted by molar-refractivity contribution is 0.586. The van der Waals surface area contributed by atoms with Gasteiger partial charge < -0.3 is 5.32 Å². The molecule has 0 amide bonds. The number of hydrogen-bond donors (Lipinski definition) is 1. The van der Waals surface area contributed by atoms with Crippen LogP contribution in [0.25, 0.3) is 0 Å². The van der Waals surface area contributed by atoms with Crippen molar-refractivity contribution in [2.45, 2.75) is 24.8 Å². The summed E-state index contributed by atoms with van der Waals surface area (Å²) in [6.07, 6.45) is 1.65. The van der Waals surface area contributed by atoms with Crippen LogP contribution in [-0.2, 0) is 10.0 Å². The van der Waals surface area contributed by atoms with E-state index in [0.29, 0.717) is 21.7 Å². The first-order valence-electron chi connectivity index (χ1n) is 6.89. The third-order valence-electron chi connectivity index (χ3n) is 3.57. The molecule has 1 aliphatic rings. The molecule has 3 rings (SSSR count). The summed E-state index contributed by atoms with van der Waals surface area (Å²) in [5.74, 6) is 0. The molecular formula is C15H16BrN3O2S. The van der Waals surface area contributed by atoms with Crippen molar-refractivity contribution in [3.05, 3.63) is 46.7 Å². The maximum Gasteiger partial charge on any atom is 0.264 e. The first-order chi connectivity index (χ1) is 10.4. The number of halogens is 1. The molecule has 0 radical (unpaired) electrons. The zero-order chi connectivity index (χ0) is 15.9. The van der Waals surface area contributed by atoms with Gasteiger partial charge in [0.2, 0.25) is 0 Å². The molecule has 1 aromatic heterocycles. The molecule has 0 saturated carbocycles. The Morgan fingerprint density at radius 3 is 2.68 bits per heavy atom. The highest BCUT2D eigenvalue weighted by molar-refractivity contribution is 9.10. The molecular weight excluding hydrogens is 366 g/mol. The second kappa shape index (κ2) is 5.55. The van der Waals surface area contributed by atoms with Gasteiger partial charge in [-0.1, -0.05) is 17.7 Å². The minimum Gasteiger partial charge on any atom is -0.378 e. The van der Waals surface area contributed by atoms with Crippen LogP contribution in [0, 0.1) is 6.92 Å². The molecule has 1 N–H and O–H groups in total. The molecule has 0 bridgehead atoms. The molecule has 1 unspecified atom stereocenters. The Morgan fingerprint density at radius 2 is 2.00 bits per heavy atom. The molecule has 0 aliphatic carbocycles. The minimum atomic E-state index is -3.60. The molecule has 0 spiro atoms. The van der Waals surface area contributed by atoms with Gasteiger partial charge in [0.05, 0.1) is 29.0 Å². The first-order valence-corrected chi connectivity index (χ1v) is 9.13. The van der Waals surface area contributed by atoms with E-state index >= 15 is 0 Å². The van der Waals surface area contributed by atoms with E-state index in [-0.39, 0.29) is 6.04 Å². The molecule has 2 heterocycles. The molecule has 0 fully saturated rings. The number of fused-ring (bicyclic) bond motifs is 1. The average molecular weight is 382 g/mol. The van der Waals surface area contributed by atoms with Crippen molar-refractivity contribution in [1.82, 2.24) is 4.98 Å². The zero-order valence-corrected chi connectivity index (χ0v) is 14.6. The summed E-state index contributed by atoms with van der Waals surface area (Å²) in [6, 6.07) is 8.64. The van der Waals surface area contributed by atoms with Crippen molar-refractivity contribution in [2.24, 2.45) is 0 Å². The highest BCUT2D eigenvalue weighted by Gasteiger charge is 2.32. The molecule has 5 nitrogen and oxygen atoms in total. The van der Waals surface area contributed by atoms with Crippen LogP contribution in [0.2, 0.25) is 0 Å². The van der Waals surface area contributed by atoms with E-state index in [1.165, 1.54) is 4.31 Å². The Hall–Kier alpha value is -1.60. The van der Waals surface area contributed by atoms with Gasteiger partial charge in [-0.3, -0.25) is 4.31 Å². The van der Waals surface area contributed by atoms with Crippen molar-refractivity contribution in [3.8, 4) is 0 Å². The Kier molecular flexibility index (Phi) is 3.86. The summed E-state index contributed by atoms with van der Waals surface area (Å²) in [7, 11) is -3.60. The van der Waals surface area contributed by atoms with Crippen LogP contribution in [0.4, 0.5) is 11.4 Å². The number of sulfonamides is 1. The van der Waals surface area contributed by atoms with E-state index in [2.05, 4.69) is 26.2 Å². The number of aryl methyl sites for hydroxylation is 1. The third kappa shape index (κ3) is 2.70. The van der Waals surface area contributed by atoms with E-state index in [9.17, 15) is 8.42 Å². The fraction of sp³-hybridized carbons (Fsp3) is 0.267. The zero-order valence-electron chi connectivity index (χ0n) is 12.2. The summed E-state index contributed by atoms with van der Waals surface area (Å²) in [6.45, 7) is 4.25. The normalized spacial score (nSPS) is 17.8. The number of rotatable bonds is 2. The van der Waals surface area contributed by atoms with Crippen molar-refractivity contribution in [2.75, 3.05) is 16.2 Å². The summed E-state index contributed by atoms with van der Waals surface area (Å²) >= 11 is 3.31. The fourth-order valence-electron chi connectivity index (χ4n) is 2.46. The van der Waals surface area contributed by atoms with Crippen LogP contribution < -0.4 is 9.62 Å². The van der Waals surface area contributed by atoms with Crippen molar-refractivity contribution in [1.29, 1.82) is 0 Å². The lowest BCUT2D eigenvalue weighted by atomic mass is 10.2. The van der Waals surface area contributed by atoms with Crippen molar-refractivity contribution in [3.63, 3.8) is 0 Å². The van der Waals surface area contributed by atoms with Gasteiger partial charge in [-0.15, -0.1) is 0 Å². The average Bonchev–Trinajstić information content (AvgIpc) is 2.47. The van der Waals surface area contributed by atoms with Crippen LogP contribution in [0.1, 0.15) is 12.5 Å². The van der Waals surface area contributed by atoms with Crippen LogP contribution in [0.15, 0.2) is 46.0 Å². The summed E-state index contributed by atoms with van der Waals surface area (Å²) in [4.78, 5) is 4.46. The van der Waals surface area contributed by atoms with Crippen molar-refractivity contribution >= 4 is 37.3 Å². The molecule has 116 valence electrons. The number of anilines is 2.